The molecule has 2 heterocycles. The molecular formula is C28H30N2O8+2. The topological polar surface area (TPSA) is 135 Å². The number of methoxy groups -OCH3 is 2. The molecule has 2 unspecified atom stereocenters. The van der Waals surface area contributed by atoms with E-state index in [2.05, 4.69) is 0 Å². The second kappa shape index (κ2) is 9.20. The molecule has 198 valence electrons. The van der Waals surface area contributed by atoms with Gasteiger partial charge in [-0.25, -0.2) is 19.2 Å². The number of allylic oxidation sites excluding steroid dienone is 4. The van der Waals surface area contributed by atoms with Crippen LogP contribution >= 0.6 is 0 Å². The van der Waals surface area contributed by atoms with Crippen molar-refractivity contribution in [3.05, 3.63) is 70.3 Å². The molecule has 2 atom stereocenters. The highest BCUT2D eigenvalue weighted by Gasteiger charge is 2.55. The van der Waals surface area contributed by atoms with E-state index in [4.69, 9.17) is 9.47 Å². The molecule has 2 N–H and O–H groups in total. The van der Waals surface area contributed by atoms with Gasteiger partial charge in [-0.1, -0.05) is 26.0 Å². The van der Waals surface area contributed by atoms with Gasteiger partial charge in [0.2, 0.25) is 13.1 Å². The lowest BCUT2D eigenvalue weighted by atomic mass is 9.61. The summed E-state index contributed by atoms with van der Waals surface area (Å²) in [5, 5.41) is 18.9. The summed E-state index contributed by atoms with van der Waals surface area (Å²) in [5.41, 5.74) is 3.22. The Kier molecular flexibility index (Phi) is 6.47. The molecule has 38 heavy (non-hydrogen) atoms. The van der Waals surface area contributed by atoms with Crippen LogP contribution in [-0.2, 0) is 43.0 Å². The summed E-state index contributed by atoms with van der Waals surface area (Å²) < 4.78 is 12.9. The van der Waals surface area contributed by atoms with Gasteiger partial charge in [0.25, 0.3) is 0 Å². The third kappa shape index (κ3) is 3.96. The van der Waals surface area contributed by atoms with E-state index in [1.165, 1.54) is 35.7 Å². The lowest BCUT2D eigenvalue weighted by Crippen LogP contribution is -2.47. The quantitative estimate of drug-likeness (QED) is 0.417. The molecule has 0 saturated carbocycles. The Labute approximate surface area is 219 Å². The normalized spacial score (nSPS) is 21.2. The van der Waals surface area contributed by atoms with Gasteiger partial charge in [0, 0.05) is 33.1 Å². The van der Waals surface area contributed by atoms with Crippen LogP contribution in [0.4, 0.5) is 0 Å². The highest BCUT2D eigenvalue weighted by atomic mass is 16.5. The molecule has 0 amide bonds. The minimum atomic E-state index is -1.07. The van der Waals surface area contributed by atoms with Crippen LogP contribution < -0.4 is 9.13 Å². The third-order valence-corrected chi connectivity index (χ3v) is 7.70. The average molecular weight is 523 g/mol. The fourth-order valence-electron chi connectivity index (χ4n) is 5.97. The highest BCUT2D eigenvalue weighted by Crippen LogP contribution is 2.57. The van der Waals surface area contributed by atoms with Gasteiger partial charge in [0.05, 0.1) is 14.2 Å². The summed E-state index contributed by atoms with van der Waals surface area (Å²) in [4.78, 5) is 48.7. The molecule has 2 aromatic rings. The molecule has 0 aromatic carbocycles. The second-order valence-corrected chi connectivity index (χ2v) is 10.1. The first kappa shape index (κ1) is 26.7. The molecular weight excluding hydrogens is 492 g/mol. The summed E-state index contributed by atoms with van der Waals surface area (Å²) in [6, 6.07) is 0. The van der Waals surface area contributed by atoms with Gasteiger partial charge in [0.1, 0.15) is 11.1 Å². The first-order chi connectivity index (χ1) is 17.8. The van der Waals surface area contributed by atoms with Crippen LogP contribution in [0.3, 0.4) is 0 Å². The predicted octanol–water partition coefficient (Wildman–Crippen LogP) is 2.05. The number of carbonyl (C=O) groups excluding carboxylic acids is 2. The molecule has 2 aliphatic carbocycles. The number of aromatic nitrogens is 2. The second-order valence-electron chi connectivity index (χ2n) is 10.1. The van der Waals surface area contributed by atoms with E-state index in [1.807, 2.05) is 39.8 Å². The molecule has 4 rings (SSSR count). The maximum atomic E-state index is 12.8. The monoisotopic (exact) mass is 522 g/mol. The first-order valence-corrected chi connectivity index (χ1v) is 11.9. The van der Waals surface area contributed by atoms with Gasteiger partial charge >= 0.3 is 23.9 Å². The molecule has 0 radical (unpaired) electrons. The van der Waals surface area contributed by atoms with Crippen LogP contribution in [0.5, 0.6) is 0 Å². The summed E-state index contributed by atoms with van der Waals surface area (Å²) >= 11 is 0. The van der Waals surface area contributed by atoms with E-state index in [9.17, 15) is 29.4 Å². The fraction of sp³-hybridized carbons (Fsp3) is 0.357. The summed E-state index contributed by atoms with van der Waals surface area (Å²) in [6.45, 7) is 7.01. The minimum Gasteiger partial charge on any atom is -0.477 e. The van der Waals surface area contributed by atoms with Gasteiger partial charge in [-0.3, -0.25) is 0 Å². The van der Waals surface area contributed by atoms with E-state index in [0.29, 0.717) is 22.3 Å². The van der Waals surface area contributed by atoms with Gasteiger partial charge in [0.15, 0.2) is 24.8 Å². The number of hydrogen-bond acceptors (Lipinski definition) is 6. The Morgan fingerprint density at radius 2 is 1.05 bits per heavy atom. The van der Waals surface area contributed by atoms with Crippen molar-refractivity contribution in [3.8, 4) is 0 Å². The molecule has 0 aliphatic heterocycles. The molecule has 2 aromatic heterocycles. The third-order valence-electron chi connectivity index (χ3n) is 7.70. The average Bonchev–Trinajstić information content (AvgIpc) is 3.27. The number of aliphatic carboxylic acids is 2. The minimum absolute atomic E-state index is 0.246. The van der Waals surface area contributed by atoms with Crippen LogP contribution in [0.2, 0.25) is 0 Å². The largest absolute Gasteiger partial charge is 0.477 e. The number of fused-ring (bicyclic) bond motifs is 2. The number of nitrogens with zero attached hydrogens (tertiary/aromatic N) is 2. The van der Waals surface area contributed by atoms with Crippen molar-refractivity contribution < 1.29 is 48.0 Å². The van der Waals surface area contributed by atoms with Gasteiger partial charge in [-0.2, -0.15) is 9.13 Å². The first-order valence-electron chi connectivity index (χ1n) is 11.9. The lowest BCUT2D eigenvalue weighted by molar-refractivity contribution is -0.686. The van der Waals surface area contributed by atoms with Crippen LogP contribution in [0.25, 0.3) is 11.1 Å². The highest BCUT2D eigenvalue weighted by molar-refractivity contribution is 5.99. The Bertz CT molecular complexity index is 1380. The molecule has 2 aliphatic rings. The Morgan fingerprint density at radius 3 is 1.34 bits per heavy atom. The molecule has 0 spiro atoms. The lowest BCUT2D eigenvalue weighted by Gasteiger charge is -2.40. The van der Waals surface area contributed by atoms with E-state index in [1.54, 1.807) is 12.4 Å². The Balaban J connectivity index is 2.04. The number of carbonyl (C=O) groups is 4. The van der Waals surface area contributed by atoms with Crippen LogP contribution in [0.1, 0.15) is 70.7 Å². The number of carboxylic acid groups (broad SMARTS) is 2. The molecule has 10 heteroatoms. The van der Waals surface area contributed by atoms with Crippen molar-refractivity contribution in [3.63, 3.8) is 0 Å². The molecule has 0 bridgehead atoms. The van der Waals surface area contributed by atoms with Crippen molar-refractivity contribution in [2.75, 3.05) is 14.2 Å². The van der Waals surface area contributed by atoms with Crippen LogP contribution in [-0.4, -0.2) is 48.3 Å². The number of rotatable bonds is 7. The predicted molar refractivity (Wildman–Crippen MR) is 133 cm³/mol. The Hall–Kier alpha value is -4.34. The van der Waals surface area contributed by atoms with Crippen molar-refractivity contribution in [2.45, 2.75) is 51.6 Å². The standard InChI is InChI=1S/C28H28N2O8/c1-15-7-27(3,19-11-29(13-21(31)32)9-17(23(15)19)25(35)37-5)28(4)8-16(2)24-18(26(36)38-6)10-30(12-20(24)28)14-22(33)34/h7-12H,13-14H2,1-6H3/p+2. The number of carboxylic acids is 2. The Morgan fingerprint density at radius 1 is 0.711 bits per heavy atom. The van der Waals surface area contributed by atoms with E-state index < -0.39 is 34.7 Å². The zero-order valence-corrected chi connectivity index (χ0v) is 22.1. The van der Waals surface area contributed by atoms with Crippen LogP contribution in [0, 0.1) is 0 Å². The van der Waals surface area contributed by atoms with Crippen molar-refractivity contribution in [2.24, 2.45) is 0 Å². The van der Waals surface area contributed by atoms with Gasteiger partial charge in [-0.15, -0.1) is 0 Å². The van der Waals surface area contributed by atoms with Crippen molar-refractivity contribution in [1.29, 1.82) is 0 Å². The maximum Gasteiger partial charge on any atom is 0.370 e. The summed E-state index contributed by atoms with van der Waals surface area (Å²) in [5.74, 6) is -3.32. The SMILES string of the molecule is COC(=O)c1c[n+](CC(=O)O)cc2c1C(C)=CC2(C)C1(C)C=C(C)c2c(C(=O)OC)c[n+](CC(=O)O)cc21. The number of hydrogen-bond donors (Lipinski definition) is 2. The van der Waals surface area contributed by atoms with Crippen molar-refractivity contribution >= 4 is 35.0 Å². The molecule has 0 fully saturated rings. The zero-order valence-electron chi connectivity index (χ0n) is 22.1. The summed E-state index contributed by atoms with van der Waals surface area (Å²) in [7, 11) is 2.54. The van der Waals surface area contributed by atoms with Crippen LogP contribution in [0.15, 0.2) is 36.9 Å². The van der Waals surface area contributed by atoms with Gasteiger partial charge < -0.3 is 19.7 Å². The number of esters is 2. The molecule has 10 nitrogen and oxygen atoms in total. The van der Waals surface area contributed by atoms with Crippen molar-refractivity contribution in [1.82, 2.24) is 0 Å². The zero-order chi connectivity index (χ0) is 28.2. The molecule has 0 saturated heterocycles. The van der Waals surface area contributed by atoms with E-state index in [-0.39, 0.29) is 24.2 Å². The summed E-state index contributed by atoms with van der Waals surface area (Å²) in [6.07, 6.45) is 10.5. The number of pyridine rings is 2. The maximum absolute atomic E-state index is 12.8. The fourth-order valence-corrected chi connectivity index (χ4v) is 5.97. The smallest absolute Gasteiger partial charge is 0.370 e. The van der Waals surface area contributed by atoms with Gasteiger partial charge in [-0.05, 0) is 25.0 Å². The van der Waals surface area contributed by atoms with E-state index in [0.717, 1.165) is 11.1 Å². The van der Waals surface area contributed by atoms with E-state index >= 15 is 0 Å². The number of ether oxygens (including phenoxy) is 2.